The Bertz CT molecular complexity index is 1310. The summed E-state index contributed by atoms with van der Waals surface area (Å²) >= 11 is 0. The van der Waals surface area contributed by atoms with Crippen molar-refractivity contribution in [2.45, 2.75) is 97.9 Å². The number of benzene rings is 1. The van der Waals surface area contributed by atoms with Gasteiger partial charge in [0.2, 0.25) is 12.5 Å². The van der Waals surface area contributed by atoms with Crippen molar-refractivity contribution in [2.24, 2.45) is 0 Å². The highest BCUT2D eigenvalue weighted by atomic mass is 16.7. The molecule has 0 unspecified atom stereocenters. The Balaban J connectivity index is 2.26. The topological polar surface area (TPSA) is 173 Å². The second-order valence-electron chi connectivity index (χ2n) is 10.7. The molecule has 0 fully saturated rings. The highest BCUT2D eigenvalue weighted by Crippen LogP contribution is 2.44. The normalized spacial score (nSPS) is 18.5. The average molecular weight is 623 g/mol. The molecule has 13 heteroatoms. The van der Waals surface area contributed by atoms with E-state index in [9.17, 15) is 29.4 Å². The highest BCUT2D eigenvalue weighted by Gasteiger charge is 2.47. The summed E-state index contributed by atoms with van der Waals surface area (Å²) in [6.45, 7) is 12.4. The maximum Gasteiger partial charge on any atom is 0.342 e. The number of carbonyl (C=O) groups excluding carboxylic acids is 4. The van der Waals surface area contributed by atoms with E-state index in [1.807, 2.05) is 0 Å². The molecule has 244 valence electrons. The van der Waals surface area contributed by atoms with E-state index in [0.717, 1.165) is 13.8 Å². The van der Waals surface area contributed by atoms with Crippen molar-refractivity contribution in [3.8, 4) is 17.2 Å². The number of esters is 4. The van der Waals surface area contributed by atoms with Gasteiger partial charge in [0.15, 0.2) is 28.8 Å². The zero-order valence-electron chi connectivity index (χ0n) is 26.7. The Hall–Kier alpha value is -4.10. The summed E-state index contributed by atoms with van der Waals surface area (Å²) in [6.07, 6.45) is -2.21. The molecule has 0 spiro atoms. The largest absolute Gasteiger partial charge is 0.493 e. The first kappa shape index (κ1) is 36.1. The third kappa shape index (κ3) is 8.08. The van der Waals surface area contributed by atoms with Crippen molar-refractivity contribution in [3.05, 3.63) is 41.0 Å². The molecule has 6 atom stereocenters. The molecule has 1 aromatic carbocycles. The second kappa shape index (κ2) is 14.6. The number of allylic oxidation sites excluding steroid dienone is 2. The first-order valence-corrected chi connectivity index (χ1v) is 13.9. The van der Waals surface area contributed by atoms with Gasteiger partial charge in [-0.1, -0.05) is 12.2 Å². The molecule has 0 amide bonds. The summed E-state index contributed by atoms with van der Waals surface area (Å²) in [7, 11) is 1.42. The van der Waals surface area contributed by atoms with Crippen molar-refractivity contribution in [2.75, 3.05) is 13.9 Å². The lowest BCUT2D eigenvalue weighted by Gasteiger charge is -2.34. The smallest absolute Gasteiger partial charge is 0.342 e. The Morgan fingerprint density at radius 3 is 1.84 bits per heavy atom. The minimum Gasteiger partial charge on any atom is -0.493 e. The maximum atomic E-state index is 13.2. The Labute approximate surface area is 256 Å². The SMILES string of the molecule is C/C=C(/C)C(=O)O[C@@H](C)[C@@](C)(O)C(=O)O[C@@H](C)[C@@](C)(O)C(=O)O[C@H](C)[C@@H](OC(=O)/C(C)=C\C)c1cc(OC)c2c(c1)OCO2. The first-order chi connectivity index (χ1) is 20.4. The average Bonchev–Trinajstić information content (AvgIpc) is 3.46. The van der Waals surface area contributed by atoms with Gasteiger partial charge in [0, 0.05) is 16.7 Å². The van der Waals surface area contributed by atoms with Gasteiger partial charge in [0.05, 0.1) is 7.11 Å². The van der Waals surface area contributed by atoms with E-state index in [1.54, 1.807) is 32.9 Å². The van der Waals surface area contributed by atoms with Crippen LogP contribution in [-0.2, 0) is 38.1 Å². The fraction of sp³-hybridized carbons (Fsp3) is 0.548. The summed E-state index contributed by atoms with van der Waals surface area (Å²) in [6, 6.07) is 3.09. The molecule has 0 saturated carbocycles. The van der Waals surface area contributed by atoms with Crippen molar-refractivity contribution in [1.82, 2.24) is 0 Å². The van der Waals surface area contributed by atoms with Gasteiger partial charge in [-0.3, -0.25) is 0 Å². The maximum absolute atomic E-state index is 13.2. The molecule has 1 aromatic rings. The summed E-state index contributed by atoms with van der Waals surface area (Å²) < 4.78 is 37.9. The molecule has 1 heterocycles. The molecule has 0 radical (unpaired) electrons. The van der Waals surface area contributed by atoms with Crippen LogP contribution in [0, 0.1) is 0 Å². The number of fused-ring (bicyclic) bond motifs is 1. The predicted octanol–water partition coefficient (Wildman–Crippen LogP) is 3.24. The Morgan fingerprint density at radius 1 is 0.818 bits per heavy atom. The third-order valence-electron chi connectivity index (χ3n) is 7.45. The van der Waals surface area contributed by atoms with E-state index in [2.05, 4.69) is 0 Å². The number of carbonyl (C=O) groups is 4. The van der Waals surface area contributed by atoms with Gasteiger partial charge in [0.25, 0.3) is 0 Å². The van der Waals surface area contributed by atoms with E-state index in [-0.39, 0.29) is 18.1 Å². The van der Waals surface area contributed by atoms with Crippen LogP contribution >= 0.6 is 0 Å². The van der Waals surface area contributed by atoms with Crippen molar-refractivity contribution in [1.29, 1.82) is 0 Å². The van der Waals surface area contributed by atoms with Gasteiger partial charge in [0.1, 0.15) is 18.3 Å². The predicted molar refractivity (Wildman–Crippen MR) is 155 cm³/mol. The molecule has 0 aromatic heterocycles. The summed E-state index contributed by atoms with van der Waals surface area (Å²) in [5.41, 5.74) is -3.86. The number of ether oxygens (including phenoxy) is 7. The molecule has 1 aliphatic rings. The lowest BCUT2D eigenvalue weighted by Crippen LogP contribution is -2.54. The van der Waals surface area contributed by atoms with E-state index >= 15 is 0 Å². The fourth-order valence-electron chi connectivity index (χ4n) is 3.64. The van der Waals surface area contributed by atoms with Crippen molar-refractivity contribution in [3.63, 3.8) is 0 Å². The zero-order valence-corrected chi connectivity index (χ0v) is 26.7. The van der Waals surface area contributed by atoms with Crippen LogP contribution < -0.4 is 14.2 Å². The number of aliphatic hydroxyl groups is 2. The second-order valence-corrected chi connectivity index (χ2v) is 10.7. The molecular formula is C31H42O13. The molecular weight excluding hydrogens is 580 g/mol. The quantitative estimate of drug-likeness (QED) is 0.187. The van der Waals surface area contributed by atoms with E-state index in [1.165, 1.54) is 46.9 Å². The molecule has 44 heavy (non-hydrogen) atoms. The summed E-state index contributed by atoms with van der Waals surface area (Å²) in [5.74, 6) is -2.94. The number of methoxy groups -OCH3 is 1. The van der Waals surface area contributed by atoms with E-state index < -0.39 is 59.5 Å². The van der Waals surface area contributed by atoms with Gasteiger partial charge in [-0.05, 0) is 74.4 Å². The van der Waals surface area contributed by atoms with Crippen LogP contribution in [0.1, 0.15) is 74.0 Å². The zero-order chi connectivity index (χ0) is 33.6. The van der Waals surface area contributed by atoms with Crippen LogP contribution in [0.5, 0.6) is 17.2 Å². The Kier molecular flexibility index (Phi) is 12.0. The van der Waals surface area contributed by atoms with Gasteiger partial charge in [-0.25, -0.2) is 19.2 Å². The fourth-order valence-corrected chi connectivity index (χ4v) is 3.64. The molecule has 0 bridgehead atoms. The first-order valence-electron chi connectivity index (χ1n) is 13.9. The number of hydrogen-bond donors (Lipinski definition) is 2. The monoisotopic (exact) mass is 622 g/mol. The molecule has 1 aliphatic heterocycles. The van der Waals surface area contributed by atoms with Crippen LogP contribution in [0.25, 0.3) is 0 Å². The van der Waals surface area contributed by atoms with Crippen molar-refractivity contribution < 1.29 is 62.5 Å². The van der Waals surface area contributed by atoms with Gasteiger partial charge in [-0.2, -0.15) is 0 Å². The van der Waals surface area contributed by atoms with Crippen LogP contribution in [0.15, 0.2) is 35.4 Å². The standard InChI is InChI=1S/C31H42O13/c1-11-16(3)26(32)42-19(6)30(8,36)29(35)43-20(7)31(9,37)28(34)41-18(5)24(44-27(33)17(4)12-2)21-13-22(38-10)25-23(14-21)39-15-40-25/h11-14,18-20,24,36-37H,15H2,1-10H3/b16-11-,17-12-/t18-,19+,20+,24-,30-,31-/m1/s1. The van der Waals surface area contributed by atoms with Crippen LogP contribution in [0.3, 0.4) is 0 Å². The molecule has 2 rings (SSSR count). The van der Waals surface area contributed by atoms with Crippen LogP contribution in [0.2, 0.25) is 0 Å². The lowest BCUT2D eigenvalue weighted by molar-refractivity contribution is -0.204. The molecule has 0 aliphatic carbocycles. The summed E-state index contributed by atoms with van der Waals surface area (Å²) in [5, 5.41) is 21.8. The Morgan fingerprint density at radius 2 is 1.32 bits per heavy atom. The molecule has 13 nitrogen and oxygen atoms in total. The minimum atomic E-state index is -2.43. The number of rotatable bonds is 13. The molecule has 2 N–H and O–H groups in total. The van der Waals surface area contributed by atoms with Gasteiger partial charge >= 0.3 is 23.9 Å². The highest BCUT2D eigenvalue weighted by molar-refractivity contribution is 5.89. The number of hydrogen-bond acceptors (Lipinski definition) is 13. The van der Waals surface area contributed by atoms with Gasteiger partial charge in [-0.15, -0.1) is 0 Å². The van der Waals surface area contributed by atoms with Crippen LogP contribution in [0.4, 0.5) is 0 Å². The molecule has 0 saturated heterocycles. The lowest BCUT2D eigenvalue weighted by atomic mass is 9.98. The van der Waals surface area contributed by atoms with E-state index in [4.69, 9.17) is 33.2 Å². The van der Waals surface area contributed by atoms with Crippen molar-refractivity contribution >= 4 is 23.9 Å². The summed E-state index contributed by atoms with van der Waals surface area (Å²) in [4.78, 5) is 50.9. The van der Waals surface area contributed by atoms with E-state index in [0.29, 0.717) is 22.6 Å². The van der Waals surface area contributed by atoms with Crippen LogP contribution in [-0.4, -0.2) is 77.5 Å². The minimum absolute atomic E-state index is 0.0508. The van der Waals surface area contributed by atoms with Gasteiger partial charge < -0.3 is 43.4 Å². The third-order valence-corrected chi connectivity index (χ3v) is 7.45.